The number of hydrogen-bond acceptors (Lipinski definition) is 4. The highest BCUT2D eigenvalue weighted by Gasteiger charge is 2.25. The molecule has 110 valence electrons. The minimum atomic E-state index is -0.487. The number of aryl methyl sites for hydroxylation is 1. The van der Waals surface area contributed by atoms with E-state index in [9.17, 15) is 14.4 Å². The summed E-state index contributed by atoms with van der Waals surface area (Å²) in [5, 5.41) is 0. The van der Waals surface area contributed by atoms with Crippen molar-refractivity contribution in [1.29, 1.82) is 0 Å². The van der Waals surface area contributed by atoms with Crippen molar-refractivity contribution in [1.82, 2.24) is 14.5 Å². The smallest absolute Gasteiger partial charge is 0.328 e. The van der Waals surface area contributed by atoms with Gasteiger partial charge in [0.1, 0.15) is 0 Å². The number of morpholine rings is 1. The molecule has 1 atom stereocenters. The summed E-state index contributed by atoms with van der Waals surface area (Å²) in [6.07, 6.45) is 2.50. The van der Waals surface area contributed by atoms with E-state index in [1.54, 1.807) is 0 Å². The normalized spacial score (nSPS) is 19.1. The van der Waals surface area contributed by atoms with Crippen molar-refractivity contribution in [3.8, 4) is 0 Å². The van der Waals surface area contributed by atoms with Gasteiger partial charge in [0.15, 0.2) is 0 Å². The number of nitrogens with zero attached hydrogens (tertiary/aromatic N) is 2. The van der Waals surface area contributed by atoms with Crippen LogP contribution in [0.4, 0.5) is 0 Å². The first-order valence-electron chi connectivity index (χ1n) is 6.78. The summed E-state index contributed by atoms with van der Waals surface area (Å²) in [6.45, 7) is 4.01. The van der Waals surface area contributed by atoms with Gasteiger partial charge in [0.2, 0.25) is 5.91 Å². The second-order valence-electron chi connectivity index (χ2n) is 4.78. The summed E-state index contributed by atoms with van der Waals surface area (Å²) in [7, 11) is 0. The van der Waals surface area contributed by atoms with Gasteiger partial charge in [-0.15, -0.1) is 0 Å². The summed E-state index contributed by atoms with van der Waals surface area (Å²) in [5.74, 6) is 0.0123. The molecule has 1 saturated heterocycles. The number of ether oxygens (including phenoxy) is 1. The average molecular weight is 281 g/mol. The van der Waals surface area contributed by atoms with Crippen molar-refractivity contribution in [2.45, 2.75) is 32.4 Å². The summed E-state index contributed by atoms with van der Waals surface area (Å²) in [5.41, 5.74) is -0.920. The van der Waals surface area contributed by atoms with Crippen LogP contribution in [0.25, 0.3) is 0 Å². The zero-order valence-electron chi connectivity index (χ0n) is 11.5. The molecule has 0 aromatic carbocycles. The van der Waals surface area contributed by atoms with Crippen LogP contribution < -0.4 is 11.2 Å². The van der Waals surface area contributed by atoms with Crippen molar-refractivity contribution in [2.75, 3.05) is 19.8 Å². The molecule has 1 aromatic heterocycles. The van der Waals surface area contributed by atoms with Crippen molar-refractivity contribution >= 4 is 5.91 Å². The standard InChI is InChI=1S/C13H19N3O4/c1-2-10-9-20-8-7-16(10)12(18)4-6-15-5-3-11(17)14-13(15)19/h3,5,10H,2,4,6-9H2,1H3,(H,14,17,19)/t10-/m0/s1. The molecular formula is C13H19N3O4. The summed E-state index contributed by atoms with van der Waals surface area (Å²) in [6, 6.07) is 1.39. The lowest BCUT2D eigenvalue weighted by atomic mass is 10.1. The van der Waals surface area contributed by atoms with Crippen LogP contribution >= 0.6 is 0 Å². The Balaban J connectivity index is 1.97. The van der Waals surface area contributed by atoms with Crippen LogP contribution in [0, 0.1) is 0 Å². The Kier molecular flexibility index (Phi) is 4.73. The number of carbonyl (C=O) groups is 1. The Bertz CT molecular complexity index is 577. The zero-order chi connectivity index (χ0) is 14.5. The number of rotatable bonds is 4. The molecule has 7 heteroatoms. The summed E-state index contributed by atoms with van der Waals surface area (Å²) >= 11 is 0. The van der Waals surface area contributed by atoms with E-state index in [1.165, 1.54) is 16.8 Å². The molecule has 2 heterocycles. The van der Waals surface area contributed by atoms with Crippen molar-refractivity contribution in [3.05, 3.63) is 33.1 Å². The fourth-order valence-corrected chi connectivity index (χ4v) is 2.30. The third-order valence-corrected chi connectivity index (χ3v) is 3.48. The number of amides is 1. The average Bonchev–Trinajstić information content (AvgIpc) is 2.46. The molecule has 0 bridgehead atoms. The molecule has 1 aromatic rings. The molecule has 1 aliphatic heterocycles. The van der Waals surface area contributed by atoms with E-state index in [1.807, 2.05) is 11.8 Å². The molecule has 0 aliphatic carbocycles. The monoisotopic (exact) mass is 281 g/mol. The quantitative estimate of drug-likeness (QED) is 0.811. The van der Waals surface area contributed by atoms with E-state index in [2.05, 4.69) is 4.98 Å². The molecule has 0 spiro atoms. The highest BCUT2D eigenvalue weighted by atomic mass is 16.5. The van der Waals surface area contributed by atoms with E-state index in [4.69, 9.17) is 4.74 Å². The number of aromatic amines is 1. The van der Waals surface area contributed by atoms with Crippen LogP contribution in [0.5, 0.6) is 0 Å². The lowest BCUT2D eigenvalue weighted by Crippen LogP contribution is -2.48. The first-order valence-corrected chi connectivity index (χ1v) is 6.78. The Morgan fingerprint density at radius 2 is 2.30 bits per heavy atom. The number of H-pyrrole nitrogens is 1. The second kappa shape index (κ2) is 6.51. The SMILES string of the molecule is CC[C@H]1COCCN1C(=O)CCn1ccc(=O)[nH]c1=O. The molecule has 20 heavy (non-hydrogen) atoms. The Morgan fingerprint density at radius 3 is 3.00 bits per heavy atom. The highest BCUT2D eigenvalue weighted by Crippen LogP contribution is 2.11. The Morgan fingerprint density at radius 1 is 1.50 bits per heavy atom. The van der Waals surface area contributed by atoms with Gasteiger partial charge in [-0.05, 0) is 6.42 Å². The van der Waals surface area contributed by atoms with Crippen LogP contribution in [0.3, 0.4) is 0 Å². The van der Waals surface area contributed by atoms with Crippen molar-refractivity contribution in [3.63, 3.8) is 0 Å². The first kappa shape index (κ1) is 14.5. The Labute approximate surface area is 116 Å². The van der Waals surface area contributed by atoms with Gasteiger partial charge in [-0.1, -0.05) is 6.92 Å². The molecule has 0 radical (unpaired) electrons. The van der Waals surface area contributed by atoms with Crippen LogP contribution in [0.15, 0.2) is 21.9 Å². The van der Waals surface area contributed by atoms with E-state index in [0.29, 0.717) is 19.8 Å². The van der Waals surface area contributed by atoms with Crippen molar-refractivity contribution in [2.24, 2.45) is 0 Å². The van der Waals surface area contributed by atoms with Gasteiger partial charge in [-0.3, -0.25) is 14.6 Å². The minimum Gasteiger partial charge on any atom is -0.377 e. The topological polar surface area (TPSA) is 84.4 Å². The van der Waals surface area contributed by atoms with Gasteiger partial charge >= 0.3 is 5.69 Å². The lowest BCUT2D eigenvalue weighted by molar-refractivity contribution is -0.140. The first-order chi connectivity index (χ1) is 9.61. The molecule has 2 rings (SSSR count). The van der Waals surface area contributed by atoms with E-state index in [-0.39, 0.29) is 24.9 Å². The molecule has 1 N–H and O–H groups in total. The number of nitrogens with one attached hydrogen (secondary N) is 1. The maximum atomic E-state index is 12.2. The molecule has 1 amide bonds. The third-order valence-electron chi connectivity index (χ3n) is 3.48. The maximum absolute atomic E-state index is 12.2. The molecule has 1 aliphatic rings. The maximum Gasteiger partial charge on any atom is 0.328 e. The van der Waals surface area contributed by atoms with Gasteiger partial charge in [-0.25, -0.2) is 4.79 Å². The van der Waals surface area contributed by atoms with Crippen molar-refractivity contribution < 1.29 is 9.53 Å². The fraction of sp³-hybridized carbons (Fsp3) is 0.615. The number of aromatic nitrogens is 2. The molecular weight excluding hydrogens is 262 g/mol. The Hall–Kier alpha value is -1.89. The summed E-state index contributed by atoms with van der Waals surface area (Å²) in [4.78, 5) is 38.7. The fourth-order valence-electron chi connectivity index (χ4n) is 2.30. The van der Waals surface area contributed by atoms with Crippen LogP contribution in [0.1, 0.15) is 19.8 Å². The van der Waals surface area contributed by atoms with E-state index >= 15 is 0 Å². The van der Waals surface area contributed by atoms with Gasteiger partial charge < -0.3 is 14.2 Å². The lowest BCUT2D eigenvalue weighted by Gasteiger charge is -2.35. The third kappa shape index (κ3) is 3.36. The van der Waals surface area contributed by atoms with Crippen LogP contribution in [-0.2, 0) is 16.1 Å². The van der Waals surface area contributed by atoms with Crippen LogP contribution in [0.2, 0.25) is 0 Å². The highest BCUT2D eigenvalue weighted by molar-refractivity contribution is 5.76. The predicted molar refractivity (Wildman–Crippen MR) is 72.6 cm³/mol. The molecule has 7 nitrogen and oxygen atoms in total. The van der Waals surface area contributed by atoms with E-state index < -0.39 is 11.2 Å². The largest absolute Gasteiger partial charge is 0.377 e. The van der Waals surface area contributed by atoms with Gasteiger partial charge in [0.05, 0.1) is 19.3 Å². The van der Waals surface area contributed by atoms with Gasteiger partial charge in [0, 0.05) is 31.8 Å². The van der Waals surface area contributed by atoms with Gasteiger partial charge in [0.25, 0.3) is 5.56 Å². The summed E-state index contributed by atoms with van der Waals surface area (Å²) < 4.78 is 6.69. The van der Waals surface area contributed by atoms with Gasteiger partial charge in [-0.2, -0.15) is 0 Å². The molecule has 1 fully saturated rings. The predicted octanol–water partition coefficient (Wildman–Crippen LogP) is -0.436. The zero-order valence-corrected chi connectivity index (χ0v) is 11.5. The van der Waals surface area contributed by atoms with E-state index in [0.717, 1.165) is 6.42 Å². The minimum absolute atomic E-state index is 0.0123. The number of carbonyl (C=O) groups excluding carboxylic acids is 1. The van der Waals surface area contributed by atoms with Crippen LogP contribution in [-0.4, -0.2) is 46.2 Å². The number of hydrogen-bond donors (Lipinski definition) is 1. The molecule has 0 unspecified atom stereocenters. The second-order valence-corrected chi connectivity index (χ2v) is 4.78. The molecule has 0 saturated carbocycles.